The van der Waals surface area contributed by atoms with E-state index >= 15 is 0 Å². The average molecular weight is 335 g/mol. The third-order valence-corrected chi connectivity index (χ3v) is 4.84. The molecule has 3 rings (SSSR count). The number of rotatable bonds is 6. The van der Waals surface area contributed by atoms with Crippen molar-refractivity contribution in [1.82, 2.24) is 9.78 Å². The number of methoxy groups -OCH3 is 1. The van der Waals surface area contributed by atoms with Crippen LogP contribution in [0.1, 0.15) is 5.69 Å². The lowest BCUT2D eigenvalue weighted by molar-refractivity contribution is 0.201. The maximum atomic E-state index is 12.6. The smallest absolute Gasteiger partial charge is 0.266 e. The van der Waals surface area contributed by atoms with Gasteiger partial charge in [-0.1, -0.05) is 12.1 Å². The number of nitrogens with one attached hydrogen (secondary N) is 1. The summed E-state index contributed by atoms with van der Waals surface area (Å²) in [7, 11) is -0.472. The highest BCUT2D eigenvalue weighted by Crippen LogP contribution is 2.26. The number of ether oxygens (including phenoxy) is 1. The van der Waals surface area contributed by atoms with Crippen molar-refractivity contribution in [3.05, 3.63) is 42.3 Å². The first-order valence-electron chi connectivity index (χ1n) is 7.02. The van der Waals surface area contributed by atoms with Gasteiger partial charge >= 0.3 is 0 Å². The molecule has 0 radical (unpaired) electrons. The van der Waals surface area contributed by atoms with Gasteiger partial charge < -0.3 is 9.15 Å². The lowest BCUT2D eigenvalue weighted by atomic mass is 10.3. The molecule has 0 unspecified atom stereocenters. The molecule has 0 spiro atoms. The fraction of sp³-hybridized carbons (Fsp3) is 0.267. The van der Waals surface area contributed by atoms with Gasteiger partial charge in [-0.2, -0.15) is 5.10 Å². The molecule has 1 N–H and O–H groups in total. The topological polar surface area (TPSA) is 86.4 Å². The monoisotopic (exact) mass is 335 g/mol. The van der Waals surface area contributed by atoms with Gasteiger partial charge in [0.05, 0.1) is 12.3 Å². The molecule has 7 nitrogen and oxygen atoms in total. The zero-order valence-corrected chi connectivity index (χ0v) is 13.6. The van der Waals surface area contributed by atoms with Gasteiger partial charge in [-0.15, -0.1) is 0 Å². The Morgan fingerprint density at radius 1 is 1.35 bits per heavy atom. The van der Waals surface area contributed by atoms with Crippen LogP contribution in [-0.2, 0) is 28.2 Å². The number of sulfonamides is 1. The van der Waals surface area contributed by atoms with Crippen LogP contribution in [0.4, 0.5) is 5.82 Å². The van der Waals surface area contributed by atoms with E-state index in [-0.39, 0.29) is 4.90 Å². The normalized spacial score (nSPS) is 11.9. The molecule has 0 amide bonds. The van der Waals surface area contributed by atoms with Crippen LogP contribution >= 0.6 is 0 Å². The Balaban J connectivity index is 1.91. The molecule has 122 valence electrons. The Bertz CT molecular complexity index is 927. The van der Waals surface area contributed by atoms with Gasteiger partial charge in [0.1, 0.15) is 22.6 Å². The standard InChI is InChI=1S/C15H17N3O4S/c1-18-15(9-11(16-18)7-8-21-2)17-23(19,20)14-10-22-13-6-4-3-5-12(13)14/h3-6,9-10,17H,7-8H2,1-2H3. The average Bonchev–Trinajstić information content (AvgIpc) is 3.09. The Morgan fingerprint density at radius 2 is 2.13 bits per heavy atom. The van der Waals surface area contributed by atoms with E-state index in [0.29, 0.717) is 29.8 Å². The summed E-state index contributed by atoms with van der Waals surface area (Å²) in [6.45, 7) is 0.523. The molecule has 0 fully saturated rings. The maximum Gasteiger partial charge on any atom is 0.266 e. The predicted molar refractivity (Wildman–Crippen MR) is 85.8 cm³/mol. The second kappa shape index (κ2) is 6.05. The van der Waals surface area contributed by atoms with E-state index in [4.69, 9.17) is 9.15 Å². The molecule has 0 aliphatic heterocycles. The molecule has 23 heavy (non-hydrogen) atoms. The van der Waals surface area contributed by atoms with Crippen LogP contribution < -0.4 is 4.72 Å². The first-order chi connectivity index (χ1) is 11.0. The second-order valence-corrected chi connectivity index (χ2v) is 6.74. The van der Waals surface area contributed by atoms with Gasteiger partial charge in [-0.3, -0.25) is 9.40 Å². The van der Waals surface area contributed by atoms with E-state index in [1.165, 1.54) is 10.9 Å². The Kier molecular flexibility index (Phi) is 4.10. The third-order valence-electron chi connectivity index (χ3n) is 3.47. The summed E-state index contributed by atoms with van der Waals surface area (Å²) in [5, 5.41) is 4.81. The van der Waals surface area contributed by atoms with Crippen molar-refractivity contribution in [2.24, 2.45) is 7.05 Å². The van der Waals surface area contributed by atoms with Gasteiger partial charge in [-0.05, 0) is 12.1 Å². The summed E-state index contributed by atoms with van der Waals surface area (Å²) >= 11 is 0. The van der Waals surface area contributed by atoms with Crippen LogP contribution in [-0.4, -0.2) is 31.9 Å². The molecule has 0 saturated carbocycles. The van der Waals surface area contributed by atoms with Crippen molar-refractivity contribution in [2.45, 2.75) is 11.3 Å². The minimum absolute atomic E-state index is 0.104. The zero-order chi connectivity index (χ0) is 16.4. The highest BCUT2D eigenvalue weighted by molar-refractivity contribution is 7.93. The molecule has 0 aliphatic rings. The maximum absolute atomic E-state index is 12.6. The SMILES string of the molecule is COCCc1cc(NS(=O)(=O)c2coc3ccccc23)n(C)n1. The predicted octanol–water partition coefficient (Wildman–Crippen LogP) is 2.16. The van der Waals surface area contributed by atoms with E-state index < -0.39 is 10.0 Å². The number of aromatic nitrogens is 2. The van der Waals surface area contributed by atoms with E-state index in [1.807, 2.05) is 0 Å². The van der Waals surface area contributed by atoms with Gasteiger partial charge in [0.15, 0.2) is 0 Å². The molecular formula is C15H17N3O4S. The minimum atomic E-state index is -3.76. The van der Waals surface area contributed by atoms with Crippen LogP contribution in [0, 0.1) is 0 Å². The molecule has 0 atom stereocenters. The lowest BCUT2D eigenvalue weighted by Crippen LogP contribution is -2.15. The van der Waals surface area contributed by atoms with Crippen LogP contribution in [0.3, 0.4) is 0 Å². The summed E-state index contributed by atoms with van der Waals surface area (Å²) in [5.41, 5.74) is 1.28. The van der Waals surface area contributed by atoms with E-state index in [2.05, 4.69) is 9.82 Å². The van der Waals surface area contributed by atoms with E-state index in [9.17, 15) is 8.42 Å². The zero-order valence-electron chi connectivity index (χ0n) is 12.8. The lowest BCUT2D eigenvalue weighted by Gasteiger charge is -2.06. The van der Waals surface area contributed by atoms with Crippen LogP contribution in [0.5, 0.6) is 0 Å². The fourth-order valence-corrected chi connectivity index (χ4v) is 3.51. The van der Waals surface area contributed by atoms with Crippen molar-refractivity contribution in [3.63, 3.8) is 0 Å². The Labute approximate surface area is 133 Å². The molecule has 0 saturated heterocycles. The number of aryl methyl sites for hydroxylation is 1. The quantitative estimate of drug-likeness (QED) is 0.746. The fourth-order valence-electron chi connectivity index (χ4n) is 2.31. The summed E-state index contributed by atoms with van der Waals surface area (Å²) in [5.74, 6) is 0.390. The highest BCUT2D eigenvalue weighted by Gasteiger charge is 2.22. The molecule has 3 aromatic rings. The molecule has 2 aromatic heterocycles. The largest absolute Gasteiger partial charge is 0.463 e. The molecular weight excluding hydrogens is 318 g/mol. The van der Waals surface area contributed by atoms with Crippen LogP contribution in [0.25, 0.3) is 11.0 Å². The van der Waals surface area contributed by atoms with Crippen molar-refractivity contribution in [1.29, 1.82) is 0 Å². The minimum Gasteiger partial charge on any atom is -0.463 e. The van der Waals surface area contributed by atoms with Gasteiger partial charge in [0, 0.05) is 32.0 Å². The summed E-state index contributed by atoms with van der Waals surface area (Å²) in [6.07, 6.45) is 1.86. The van der Waals surface area contributed by atoms with E-state index in [1.54, 1.807) is 44.5 Å². The number of hydrogen-bond donors (Lipinski definition) is 1. The van der Waals surface area contributed by atoms with Crippen molar-refractivity contribution in [2.75, 3.05) is 18.4 Å². The number of benzene rings is 1. The third kappa shape index (κ3) is 3.08. The van der Waals surface area contributed by atoms with Gasteiger partial charge in [0.25, 0.3) is 10.0 Å². The Hall–Kier alpha value is -2.32. The number of fused-ring (bicyclic) bond motifs is 1. The molecule has 0 bridgehead atoms. The van der Waals surface area contributed by atoms with Gasteiger partial charge in [-0.25, -0.2) is 8.42 Å². The summed E-state index contributed by atoms with van der Waals surface area (Å²) in [4.78, 5) is 0.104. The molecule has 1 aromatic carbocycles. The summed E-state index contributed by atoms with van der Waals surface area (Å²) in [6, 6.07) is 8.68. The number of para-hydroxylation sites is 1. The first-order valence-corrected chi connectivity index (χ1v) is 8.50. The number of hydrogen-bond acceptors (Lipinski definition) is 5. The first kappa shape index (κ1) is 15.6. The van der Waals surface area contributed by atoms with Gasteiger partial charge in [0.2, 0.25) is 0 Å². The van der Waals surface area contributed by atoms with Crippen LogP contribution in [0.2, 0.25) is 0 Å². The Morgan fingerprint density at radius 3 is 2.91 bits per heavy atom. The van der Waals surface area contributed by atoms with Crippen molar-refractivity contribution >= 4 is 26.8 Å². The molecule has 8 heteroatoms. The van der Waals surface area contributed by atoms with Crippen molar-refractivity contribution < 1.29 is 17.6 Å². The molecule has 0 aliphatic carbocycles. The summed E-state index contributed by atoms with van der Waals surface area (Å²) < 4.78 is 39.6. The highest BCUT2D eigenvalue weighted by atomic mass is 32.2. The van der Waals surface area contributed by atoms with Crippen molar-refractivity contribution in [3.8, 4) is 0 Å². The second-order valence-electron chi connectivity index (χ2n) is 5.09. The molecule has 2 heterocycles. The van der Waals surface area contributed by atoms with Crippen LogP contribution in [0.15, 0.2) is 45.9 Å². The van der Waals surface area contributed by atoms with E-state index in [0.717, 1.165) is 5.69 Å². The number of nitrogens with zero attached hydrogens (tertiary/aromatic N) is 2. The number of furan rings is 1. The number of anilines is 1.